The maximum Gasteiger partial charge on any atom is 0.338 e. The highest BCUT2D eigenvalue weighted by atomic mass is 16.5. The highest BCUT2D eigenvalue weighted by Crippen LogP contribution is 2.15. The molecule has 0 saturated carbocycles. The van der Waals surface area contributed by atoms with E-state index in [-0.39, 0.29) is 17.2 Å². The predicted octanol–water partition coefficient (Wildman–Crippen LogP) is 1.60. The average molecular weight is 290 g/mol. The molecule has 0 bridgehead atoms. The van der Waals surface area contributed by atoms with E-state index in [4.69, 9.17) is 15.1 Å². The first kappa shape index (κ1) is 16.5. The molecule has 1 amide bonds. The number of rotatable bonds is 5. The number of phenolic OH excluding ortho intramolecular Hbond substituents is 1. The second kappa shape index (κ2) is 6.75. The number of hydrogen-bond donors (Lipinski definition) is 2. The van der Waals surface area contributed by atoms with Gasteiger partial charge in [-0.1, -0.05) is 13.8 Å². The molecule has 0 heterocycles. The van der Waals surface area contributed by atoms with Gasteiger partial charge in [-0.05, 0) is 37.1 Å². The lowest BCUT2D eigenvalue weighted by atomic mass is 9.90. The van der Waals surface area contributed by atoms with Gasteiger partial charge in [-0.3, -0.25) is 4.79 Å². The van der Waals surface area contributed by atoms with Crippen molar-refractivity contribution in [2.24, 2.45) is 5.92 Å². The summed E-state index contributed by atoms with van der Waals surface area (Å²) in [5.74, 6) is -1.27. The number of nitrogens with one attached hydrogen (secondary N) is 1. The van der Waals surface area contributed by atoms with Crippen LogP contribution in [0.2, 0.25) is 0 Å². The number of hydrogen-bond acceptors (Lipinski definition) is 5. The highest BCUT2D eigenvalue weighted by Gasteiger charge is 2.30. The van der Waals surface area contributed by atoms with Gasteiger partial charge in [0, 0.05) is 0 Å². The smallest absolute Gasteiger partial charge is 0.338 e. The molecule has 112 valence electrons. The number of amides is 1. The van der Waals surface area contributed by atoms with E-state index in [2.05, 4.69) is 5.32 Å². The van der Waals surface area contributed by atoms with Gasteiger partial charge < -0.3 is 15.2 Å². The zero-order valence-corrected chi connectivity index (χ0v) is 12.2. The fourth-order valence-corrected chi connectivity index (χ4v) is 1.44. The Morgan fingerprint density at radius 3 is 2.43 bits per heavy atom. The highest BCUT2D eigenvalue weighted by molar-refractivity contribution is 5.91. The first-order chi connectivity index (χ1) is 9.78. The van der Waals surface area contributed by atoms with Gasteiger partial charge in [0.2, 0.25) is 0 Å². The molecular weight excluding hydrogens is 272 g/mol. The van der Waals surface area contributed by atoms with Crippen molar-refractivity contribution in [3.63, 3.8) is 0 Å². The Balaban J connectivity index is 2.55. The number of esters is 1. The van der Waals surface area contributed by atoms with Crippen LogP contribution in [0, 0.1) is 17.2 Å². The average Bonchev–Trinajstić information content (AvgIpc) is 2.45. The van der Waals surface area contributed by atoms with Gasteiger partial charge in [0.1, 0.15) is 11.3 Å². The van der Waals surface area contributed by atoms with Crippen molar-refractivity contribution in [1.82, 2.24) is 5.32 Å². The second-order valence-electron chi connectivity index (χ2n) is 5.14. The lowest BCUT2D eigenvalue weighted by Crippen LogP contribution is -2.50. The lowest BCUT2D eigenvalue weighted by molar-refractivity contribution is -0.125. The second-order valence-corrected chi connectivity index (χ2v) is 5.14. The molecule has 0 fully saturated rings. The summed E-state index contributed by atoms with van der Waals surface area (Å²) in [6.45, 7) is 4.76. The molecule has 0 aliphatic heterocycles. The van der Waals surface area contributed by atoms with E-state index >= 15 is 0 Å². The molecule has 0 spiro atoms. The van der Waals surface area contributed by atoms with Crippen LogP contribution >= 0.6 is 0 Å². The van der Waals surface area contributed by atoms with Crippen molar-refractivity contribution in [3.8, 4) is 11.8 Å². The predicted molar refractivity (Wildman–Crippen MR) is 75.4 cm³/mol. The minimum absolute atomic E-state index is 0.0333. The minimum atomic E-state index is -1.01. The van der Waals surface area contributed by atoms with E-state index in [0.717, 1.165) is 0 Å². The fourth-order valence-electron chi connectivity index (χ4n) is 1.44. The molecule has 1 aromatic rings. The van der Waals surface area contributed by atoms with Crippen LogP contribution in [0.1, 0.15) is 31.1 Å². The normalized spacial score (nSPS) is 13.1. The summed E-state index contributed by atoms with van der Waals surface area (Å²) in [5.41, 5.74) is -0.783. The standard InChI is InChI=1S/C15H18N2O4/c1-10(2)15(3,9-16)17-13(19)8-21-14(20)11-4-6-12(18)7-5-11/h4-7,10,18H,8H2,1-3H3,(H,17,19)/t15-/m1/s1. The molecule has 2 N–H and O–H groups in total. The van der Waals surface area contributed by atoms with Crippen LogP contribution in [0.25, 0.3) is 0 Å². The van der Waals surface area contributed by atoms with Gasteiger partial charge in [-0.2, -0.15) is 5.26 Å². The van der Waals surface area contributed by atoms with Crippen LogP contribution in [0.4, 0.5) is 0 Å². The quantitative estimate of drug-likeness (QED) is 0.802. The Hall–Kier alpha value is -2.55. The summed E-state index contributed by atoms with van der Waals surface area (Å²) in [5, 5.41) is 20.7. The molecule has 0 unspecified atom stereocenters. The van der Waals surface area contributed by atoms with Crippen molar-refractivity contribution in [2.75, 3.05) is 6.61 Å². The third kappa shape index (κ3) is 4.49. The summed E-state index contributed by atoms with van der Waals surface area (Å²) in [7, 11) is 0. The van der Waals surface area contributed by atoms with Crippen LogP contribution in [-0.2, 0) is 9.53 Å². The van der Waals surface area contributed by atoms with E-state index in [0.29, 0.717) is 0 Å². The molecule has 6 nitrogen and oxygen atoms in total. The fraction of sp³-hybridized carbons (Fsp3) is 0.400. The van der Waals surface area contributed by atoms with Crippen LogP contribution < -0.4 is 5.32 Å². The van der Waals surface area contributed by atoms with Crippen LogP contribution in [0.3, 0.4) is 0 Å². The van der Waals surface area contributed by atoms with Crippen LogP contribution in [-0.4, -0.2) is 29.1 Å². The van der Waals surface area contributed by atoms with Gasteiger partial charge in [0.25, 0.3) is 5.91 Å². The summed E-state index contributed by atoms with van der Waals surface area (Å²) in [6, 6.07) is 7.52. The number of aromatic hydroxyl groups is 1. The maximum atomic E-state index is 11.7. The number of carbonyl (C=O) groups is 2. The van der Waals surface area contributed by atoms with Crippen molar-refractivity contribution < 1.29 is 19.4 Å². The maximum absolute atomic E-state index is 11.7. The van der Waals surface area contributed by atoms with Crippen molar-refractivity contribution in [2.45, 2.75) is 26.3 Å². The Morgan fingerprint density at radius 2 is 1.95 bits per heavy atom. The van der Waals surface area contributed by atoms with E-state index in [1.54, 1.807) is 6.92 Å². The van der Waals surface area contributed by atoms with Crippen LogP contribution in [0.5, 0.6) is 5.75 Å². The molecule has 6 heteroatoms. The number of nitriles is 1. The van der Waals surface area contributed by atoms with E-state index in [1.165, 1.54) is 24.3 Å². The molecule has 0 radical (unpaired) electrons. The first-order valence-electron chi connectivity index (χ1n) is 6.47. The summed E-state index contributed by atoms with van der Waals surface area (Å²) < 4.78 is 4.86. The molecule has 0 aliphatic carbocycles. The van der Waals surface area contributed by atoms with Crippen molar-refractivity contribution in [1.29, 1.82) is 5.26 Å². The summed E-state index contributed by atoms with van der Waals surface area (Å²) >= 11 is 0. The molecule has 1 atom stereocenters. The number of benzene rings is 1. The Morgan fingerprint density at radius 1 is 1.38 bits per heavy atom. The zero-order valence-electron chi connectivity index (χ0n) is 12.2. The molecule has 21 heavy (non-hydrogen) atoms. The lowest BCUT2D eigenvalue weighted by Gasteiger charge is -2.27. The van der Waals surface area contributed by atoms with Gasteiger partial charge in [0.05, 0.1) is 11.6 Å². The van der Waals surface area contributed by atoms with E-state index in [9.17, 15) is 9.59 Å². The molecule has 0 saturated heterocycles. The number of carbonyl (C=O) groups excluding carboxylic acids is 2. The monoisotopic (exact) mass is 290 g/mol. The molecule has 1 aromatic carbocycles. The van der Waals surface area contributed by atoms with Gasteiger partial charge in [0.15, 0.2) is 6.61 Å². The van der Waals surface area contributed by atoms with Gasteiger partial charge >= 0.3 is 5.97 Å². The van der Waals surface area contributed by atoms with Crippen molar-refractivity contribution >= 4 is 11.9 Å². The van der Waals surface area contributed by atoms with Gasteiger partial charge in [-0.15, -0.1) is 0 Å². The Kier molecular flexibility index (Phi) is 5.30. The summed E-state index contributed by atoms with van der Waals surface area (Å²) in [6.07, 6.45) is 0. The van der Waals surface area contributed by atoms with E-state index < -0.39 is 24.0 Å². The molecule has 1 rings (SSSR count). The zero-order chi connectivity index (χ0) is 16.0. The number of nitrogens with zero attached hydrogens (tertiary/aromatic N) is 1. The van der Waals surface area contributed by atoms with Crippen molar-refractivity contribution in [3.05, 3.63) is 29.8 Å². The summed E-state index contributed by atoms with van der Waals surface area (Å²) in [4.78, 5) is 23.4. The van der Waals surface area contributed by atoms with Crippen LogP contribution in [0.15, 0.2) is 24.3 Å². The minimum Gasteiger partial charge on any atom is -0.508 e. The Labute approximate surface area is 123 Å². The largest absolute Gasteiger partial charge is 0.508 e. The van der Waals surface area contributed by atoms with Gasteiger partial charge in [-0.25, -0.2) is 4.79 Å². The van der Waals surface area contributed by atoms with E-state index in [1.807, 2.05) is 19.9 Å². The first-order valence-corrected chi connectivity index (χ1v) is 6.47. The number of phenols is 1. The third-order valence-electron chi connectivity index (χ3n) is 3.22. The molecular formula is C15H18N2O4. The number of ether oxygens (including phenoxy) is 1. The third-order valence-corrected chi connectivity index (χ3v) is 3.22. The SMILES string of the molecule is CC(C)[C@@](C)(C#N)NC(=O)COC(=O)c1ccc(O)cc1. The topological polar surface area (TPSA) is 99.4 Å². The molecule has 0 aromatic heterocycles. The Bertz CT molecular complexity index is 560. The molecule has 0 aliphatic rings.